The molecule has 1 aliphatic rings. The molecule has 2 atom stereocenters. The maximum atomic E-state index is 12.5. The average Bonchev–Trinajstić information content (AvgIpc) is 3.07. The number of hydrogen-bond acceptors (Lipinski definition) is 3. The Balaban J connectivity index is 1.73. The molecule has 1 N–H and O–H groups in total. The largest absolute Gasteiger partial charge is 0.481 e. The van der Waals surface area contributed by atoms with Gasteiger partial charge in [0, 0.05) is 6.54 Å². The summed E-state index contributed by atoms with van der Waals surface area (Å²) in [5.74, 6) is -1.45. The van der Waals surface area contributed by atoms with Crippen molar-refractivity contribution in [3.05, 3.63) is 71.8 Å². The first-order valence-corrected chi connectivity index (χ1v) is 7.90. The van der Waals surface area contributed by atoms with Gasteiger partial charge in [-0.2, -0.15) is 0 Å². The van der Waals surface area contributed by atoms with Gasteiger partial charge in [0.1, 0.15) is 6.61 Å². The quantitative estimate of drug-likeness (QED) is 0.934. The van der Waals surface area contributed by atoms with E-state index in [1.165, 1.54) is 4.90 Å². The molecule has 2 aromatic rings. The zero-order valence-electron chi connectivity index (χ0n) is 13.2. The summed E-state index contributed by atoms with van der Waals surface area (Å²) in [7, 11) is 0. The second-order valence-electron chi connectivity index (χ2n) is 5.89. The summed E-state index contributed by atoms with van der Waals surface area (Å²) in [6.07, 6.45) is -0.0729. The molecule has 0 unspecified atom stereocenters. The summed E-state index contributed by atoms with van der Waals surface area (Å²) in [5, 5.41) is 9.31. The van der Waals surface area contributed by atoms with Gasteiger partial charge in [-0.25, -0.2) is 4.79 Å². The average molecular weight is 325 g/mol. The first-order chi connectivity index (χ1) is 11.6. The van der Waals surface area contributed by atoms with Crippen LogP contribution in [0.15, 0.2) is 60.7 Å². The van der Waals surface area contributed by atoms with Crippen LogP contribution >= 0.6 is 0 Å². The summed E-state index contributed by atoms with van der Waals surface area (Å²) in [6, 6.07) is 18.6. The first-order valence-electron chi connectivity index (χ1n) is 7.90. The molecule has 5 nitrogen and oxygen atoms in total. The highest BCUT2D eigenvalue weighted by Gasteiger charge is 2.40. The van der Waals surface area contributed by atoms with E-state index in [4.69, 9.17) is 4.74 Å². The maximum Gasteiger partial charge on any atom is 0.410 e. The van der Waals surface area contributed by atoms with Crippen LogP contribution in [0.1, 0.15) is 23.6 Å². The maximum absolute atomic E-state index is 12.5. The summed E-state index contributed by atoms with van der Waals surface area (Å²) in [6.45, 7) is 0.345. The number of aliphatic carboxylic acids is 1. The number of amides is 1. The van der Waals surface area contributed by atoms with Crippen molar-refractivity contribution in [1.82, 2.24) is 4.90 Å². The van der Waals surface area contributed by atoms with E-state index < -0.39 is 18.0 Å². The predicted octanol–water partition coefficient (Wildman–Crippen LogP) is 3.47. The van der Waals surface area contributed by atoms with Gasteiger partial charge in [-0.1, -0.05) is 60.7 Å². The Labute approximate surface area is 140 Å². The highest BCUT2D eigenvalue weighted by molar-refractivity contribution is 5.74. The van der Waals surface area contributed by atoms with Crippen molar-refractivity contribution in [2.24, 2.45) is 5.92 Å². The van der Waals surface area contributed by atoms with Crippen LogP contribution in [-0.2, 0) is 16.1 Å². The van der Waals surface area contributed by atoms with E-state index in [9.17, 15) is 14.7 Å². The number of hydrogen-bond donors (Lipinski definition) is 1. The van der Waals surface area contributed by atoms with E-state index in [1.54, 1.807) is 0 Å². The fraction of sp³-hybridized carbons (Fsp3) is 0.263. The van der Waals surface area contributed by atoms with Gasteiger partial charge < -0.3 is 14.7 Å². The Bertz CT molecular complexity index is 702. The lowest BCUT2D eigenvalue weighted by Crippen LogP contribution is -2.32. The number of benzene rings is 2. The highest BCUT2D eigenvalue weighted by Crippen LogP contribution is 2.36. The van der Waals surface area contributed by atoms with Gasteiger partial charge >= 0.3 is 12.1 Å². The van der Waals surface area contributed by atoms with Crippen LogP contribution < -0.4 is 0 Å². The zero-order valence-corrected chi connectivity index (χ0v) is 13.2. The molecule has 0 aromatic heterocycles. The summed E-state index contributed by atoms with van der Waals surface area (Å²) in [5.41, 5.74) is 1.83. The van der Waals surface area contributed by atoms with Gasteiger partial charge in [0.2, 0.25) is 0 Å². The molecule has 5 heteroatoms. The Morgan fingerprint density at radius 3 is 2.29 bits per heavy atom. The Morgan fingerprint density at radius 1 is 1.04 bits per heavy atom. The molecule has 124 valence electrons. The molecular formula is C19H19NO4. The normalized spacial score (nSPS) is 19.9. The van der Waals surface area contributed by atoms with Crippen LogP contribution in [0.2, 0.25) is 0 Å². The van der Waals surface area contributed by atoms with Gasteiger partial charge in [0.25, 0.3) is 0 Å². The number of carboxylic acids is 1. The molecule has 0 radical (unpaired) electrons. The van der Waals surface area contributed by atoms with Crippen LogP contribution in [0.25, 0.3) is 0 Å². The molecule has 3 rings (SSSR count). The van der Waals surface area contributed by atoms with Crippen LogP contribution in [0.4, 0.5) is 4.79 Å². The van der Waals surface area contributed by atoms with Gasteiger partial charge in [0.15, 0.2) is 0 Å². The predicted molar refractivity (Wildman–Crippen MR) is 88.3 cm³/mol. The number of nitrogens with zero attached hydrogens (tertiary/aromatic N) is 1. The third-order valence-electron chi connectivity index (χ3n) is 4.27. The summed E-state index contributed by atoms with van der Waals surface area (Å²) >= 11 is 0. The van der Waals surface area contributed by atoms with Crippen molar-refractivity contribution in [2.75, 3.05) is 6.54 Å². The van der Waals surface area contributed by atoms with Crippen molar-refractivity contribution in [3.8, 4) is 0 Å². The van der Waals surface area contributed by atoms with E-state index in [-0.39, 0.29) is 19.2 Å². The molecule has 24 heavy (non-hydrogen) atoms. The van der Waals surface area contributed by atoms with E-state index in [1.807, 2.05) is 60.7 Å². The number of ether oxygens (including phenoxy) is 1. The summed E-state index contributed by atoms with van der Waals surface area (Å²) in [4.78, 5) is 25.4. The molecule has 1 aliphatic heterocycles. The number of likely N-dealkylation sites (tertiary alicyclic amines) is 1. The Morgan fingerprint density at radius 2 is 1.67 bits per heavy atom. The van der Waals surface area contributed by atoms with E-state index in [2.05, 4.69) is 0 Å². The second kappa shape index (κ2) is 7.17. The molecule has 0 spiro atoms. The summed E-state index contributed by atoms with van der Waals surface area (Å²) < 4.78 is 5.39. The highest BCUT2D eigenvalue weighted by atomic mass is 16.6. The third kappa shape index (κ3) is 3.56. The van der Waals surface area contributed by atoms with E-state index in [0.29, 0.717) is 6.42 Å². The third-order valence-corrected chi connectivity index (χ3v) is 4.27. The van der Waals surface area contributed by atoms with Crippen LogP contribution in [0.5, 0.6) is 0 Å². The molecule has 1 heterocycles. The lowest BCUT2D eigenvalue weighted by atomic mass is 10.00. The lowest BCUT2D eigenvalue weighted by molar-refractivity contribution is -0.141. The monoisotopic (exact) mass is 325 g/mol. The molecule has 0 saturated carbocycles. The van der Waals surface area contributed by atoms with E-state index in [0.717, 1.165) is 11.1 Å². The molecule has 1 saturated heterocycles. The zero-order chi connectivity index (χ0) is 16.9. The van der Waals surface area contributed by atoms with Crippen LogP contribution in [-0.4, -0.2) is 28.6 Å². The topological polar surface area (TPSA) is 66.8 Å². The SMILES string of the molecule is O=C(O)[C@@H]1C[C@@H](c2ccccc2)N(C(=O)OCc2ccccc2)C1. The number of carboxylic acid groups (broad SMARTS) is 1. The van der Waals surface area contributed by atoms with Crippen LogP contribution in [0.3, 0.4) is 0 Å². The van der Waals surface area contributed by atoms with Crippen molar-refractivity contribution >= 4 is 12.1 Å². The molecular weight excluding hydrogens is 306 g/mol. The minimum Gasteiger partial charge on any atom is -0.481 e. The minimum atomic E-state index is -0.880. The number of carbonyl (C=O) groups is 2. The van der Waals surface area contributed by atoms with Crippen molar-refractivity contribution in [2.45, 2.75) is 19.1 Å². The minimum absolute atomic E-state index is 0.169. The van der Waals surface area contributed by atoms with Gasteiger partial charge in [-0.3, -0.25) is 4.79 Å². The molecule has 2 aromatic carbocycles. The number of rotatable bonds is 4. The fourth-order valence-corrected chi connectivity index (χ4v) is 3.01. The van der Waals surface area contributed by atoms with Crippen molar-refractivity contribution < 1.29 is 19.4 Å². The van der Waals surface area contributed by atoms with Crippen LogP contribution in [0, 0.1) is 5.92 Å². The van der Waals surface area contributed by atoms with Gasteiger partial charge in [-0.15, -0.1) is 0 Å². The van der Waals surface area contributed by atoms with E-state index >= 15 is 0 Å². The fourth-order valence-electron chi connectivity index (χ4n) is 3.01. The smallest absolute Gasteiger partial charge is 0.410 e. The van der Waals surface area contributed by atoms with Crippen molar-refractivity contribution in [3.63, 3.8) is 0 Å². The first kappa shape index (κ1) is 16.1. The van der Waals surface area contributed by atoms with Gasteiger partial charge in [0.05, 0.1) is 12.0 Å². The molecule has 1 fully saturated rings. The Hall–Kier alpha value is -2.82. The number of carbonyl (C=O) groups excluding carboxylic acids is 1. The standard InChI is InChI=1S/C19H19NO4/c21-18(22)16-11-17(15-9-5-2-6-10-15)20(12-16)19(23)24-13-14-7-3-1-4-8-14/h1-10,16-17H,11-13H2,(H,21,22)/t16-,17+/m1/s1. The van der Waals surface area contributed by atoms with Gasteiger partial charge in [-0.05, 0) is 17.5 Å². The molecule has 1 amide bonds. The lowest BCUT2D eigenvalue weighted by Gasteiger charge is -2.24. The second-order valence-corrected chi connectivity index (χ2v) is 5.89. The molecule has 0 aliphatic carbocycles. The Kier molecular flexibility index (Phi) is 4.79. The van der Waals surface area contributed by atoms with Crippen molar-refractivity contribution in [1.29, 1.82) is 0 Å². The molecule has 0 bridgehead atoms.